The molecule has 4 rings (SSSR count). The molecule has 1 unspecified atom stereocenters. The molecular formula is C22H24ClNO2. The lowest BCUT2D eigenvalue weighted by molar-refractivity contribution is -0.110. The third kappa shape index (κ3) is 2.93. The van der Waals surface area contributed by atoms with Crippen LogP contribution in [-0.2, 0) is 5.60 Å². The van der Waals surface area contributed by atoms with Gasteiger partial charge in [-0.25, -0.2) is 0 Å². The lowest BCUT2D eigenvalue weighted by Gasteiger charge is -2.52. The number of halogens is 1. The number of hydrogen-bond acceptors (Lipinski definition) is 2. The first-order valence-corrected chi connectivity index (χ1v) is 9.82. The van der Waals surface area contributed by atoms with Gasteiger partial charge in [-0.15, -0.1) is 0 Å². The summed E-state index contributed by atoms with van der Waals surface area (Å²) < 4.78 is 0. The Labute approximate surface area is 159 Å². The summed E-state index contributed by atoms with van der Waals surface area (Å²) in [4.78, 5) is 15.1. The predicted molar refractivity (Wildman–Crippen MR) is 103 cm³/mol. The molecule has 3 atom stereocenters. The fourth-order valence-corrected chi connectivity index (χ4v) is 5.03. The number of carbonyl (C=O) groups is 1. The quantitative estimate of drug-likeness (QED) is 0.838. The molecule has 1 aliphatic heterocycles. The number of hydrogen-bond donors (Lipinski definition) is 1. The predicted octanol–water partition coefficient (Wildman–Crippen LogP) is 4.63. The molecule has 0 spiro atoms. The van der Waals surface area contributed by atoms with Crippen LogP contribution in [0.1, 0.15) is 48.0 Å². The van der Waals surface area contributed by atoms with Gasteiger partial charge in [0.05, 0.1) is 16.2 Å². The van der Waals surface area contributed by atoms with Crippen LogP contribution >= 0.6 is 11.6 Å². The molecule has 1 amide bonds. The van der Waals surface area contributed by atoms with Crippen LogP contribution in [0, 0.1) is 5.92 Å². The van der Waals surface area contributed by atoms with E-state index in [1.54, 1.807) is 12.1 Å². The summed E-state index contributed by atoms with van der Waals surface area (Å²) in [7, 11) is 0. The molecule has 2 aromatic rings. The normalized spacial score (nSPS) is 28.5. The monoisotopic (exact) mass is 369 g/mol. The molecule has 4 heteroatoms. The van der Waals surface area contributed by atoms with Crippen LogP contribution in [-0.4, -0.2) is 28.5 Å². The zero-order valence-corrected chi connectivity index (χ0v) is 15.5. The van der Waals surface area contributed by atoms with Crippen molar-refractivity contribution in [3.05, 3.63) is 70.7 Å². The standard InChI is InChI=1S/C22H24ClNO2/c23-19-12-6-4-10-17(19)21(25)24-15-14-22(26,16-8-2-1-3-9-16)18-11-5-7-13-20(18)24/h1-4,6,8-10,12,18,20,26H,5,7,11,13-15H2/t18-,20?,22+/m0/s1. The summed E-state index contributed by atoms with van der Waals surface area (Å²) in [5.41, 5.74) is 0.675. The SMILES string of the molecule is O=C(c1ccccc1Cl)N1CC[C@@](O)(c2ccccc2)[C@H]2CCCCC21. The topological polar surface area (TPSA) is 40.5 Å². The van der Waals surface area contributed by atoms with Crippen LogP contribution in [0.4, 0.5) is 0 Å². The maximum atomic E-state index is 13.2. The molecule has 2 fully saturated rings. The van der Waals surface area contributed by atoms with Crippen LogP contribution in [0.3, 0.4) is 0 Å². The number of likely N-dealkylation sites (tertiary alicyclic amines) is 1. The van der Waals surface area contributed by atoms with Gasteiger partial charge in [0.25, 0.3) is 5.91 Å². The van der Waals surface area contributed by atoms with E-state index in [2.05, 4.69) is 0 Å². The van der Waals surface area contributed by atoms with Crippen LogP contribution < -0.4 is 0 Å². The average Bonchev–Trinajstić information content (AvgIpc) is 2.69. The molecule has 1 aliphatic carbocycles. The molecule has 3 nitrogen and oxygen atoms in total. The third-order valence-electron chi connectivity index (χ3n) is 6.12. The Hall–Kier alpha value is -1.84. The Bertz CT molecular complexity index is 794. The number of rotatable bonds is 2. The molecule has 2 aromatic carbocycles. The zero-order chi connectivity index (χ0) is 18.1. The van der Waals surface area contributed by atoms with Crippen LogP contribution in [0.5, 0.6) is 0 Å². The van der Waals surface area contributed by atoms with Gasteiger partial charge < -0.3 is 10.0 Å². The van der Waals surface area contributed by atoms with Gasteiger partial charge in [-0.05, 0) is 37.0 Å². The van der Waals surface area contributed by atoms with Crippen molar-refractivity contribution in [1.82, 2.24) is 4.90 Å². The van der Waals surface area contributed by atoms with E-state index in [-0.39, 0.29) is 17.9 Å². The number of carbonyl (C=O) groups excluding carboxylic acids is 1. The van der Waals surface area contributed by atoms with Crippen molar-refractivity contribution in [2.75, 3.05) is 6.54 Å². The van der Waals surface area contributed by atoms with Crippen molar-refractivity contribution in [3.8, 4) is 0 Å². The Morgan fingerprint density at radius 2 is 1.73 bits per heavy atom. The van der Waals surface area contributed by atoms with E-state index in [0.717, 1.165) is 31.2 Å². The molecule has 136 valence electrons. The summed E-state index contributed by atoms with van der Waals surface area (Å²) in [6, 6.07) is 17.3. The fourth-order valence-electron chi connectivity index (χ4n) is 4.81. The van der Waals surface area contributed by atoms with Crippen molar-refractivity contribution in [2.45, 2.75) is 43.7 Å². The molecule has 1 N–H and O–H groups in total. The van der Waals surface area contributed by atoms with Crippen LogP contribution in [0.2, 0.25) is 5.02 Å². The van der Waals surface area contributed by atoms with Crippen LogP contribution in [0.25, 0.3) is 0 Å². The number of fused-ring (bicyclic) bond motifs is 1. The molecular weight excluding hydrogens is 346 g/mol. The molecule has 1 saturated heterocycles. The van der Waals surface area contributed by atoms with E-state index in [4.69, 9.17) is 11.6 Å². The number of nitrogens with zero attached hydrogens (tertiary/aromatic N) is 1. The molecule has 2 aliphatic rings. The van der Waals surface area contributed by atoms with Crippen molar-refractivity contribution in [3.63, 3.8) is 0 Å². The fraction of sp³-hybridized carbons (Fsp3) is 0.409. The first kappa shape index (κ1) is 17.6. The highest BCUT2D eigenvalue weighted by atomic mass is 35.5. The second-order valence-electron chi connectivity index (χ2n) is 7.48. The molecule has 0 aromatic heterocycles. The summed E-state index contributed by atoms with van der Waals surface area (Å²) in [6.07, 6.45) is 4.65. The lowest BCUT2D eigenvalue weighted by Crippen LogP contribution is -2.59. The van der Waals surface area contributed by atoms with Gasteiger partial charge in [-0.1, -0.05) is 66.9 Å². The van der Waals surface area contributed by atoms with Gasteiger partial charge in [-0.2, -0.15) is 0 Å². The van der Waals surface area contributed by atoms with E-state index < -0.39 is 5.60 Å². The largest absolute Gasteiger partial charge is 0.385 e. The first-order chi connectivity index (χ1) is 12.6. The van der Waals surface area contributed by atoms with Gasteiger partial charge in [-0.3, -0.25) is 4.79 Å². The summed E-state index contributed by atoms with van der Waals surface area (Å²) >= 11 is 6.27. The van der Waals surface area contributed by atoms with Gasteiger partial charge in [0.1, 0.15) is 0 Å². The maximum Gasteiger partial charge on any atom is 0.255 e. The van der Waals surface area contributed by atoms with Crippen molar-refractivity contribution in [1.29, 1.82) is 0 Å². The van der Waals surface area contributed by atoms with Gasteiger partial charge in [0.15, 0.2) is 0 Å². The molecule has 0 radical (unpaired) electrons. The van der Waals surface area contributed by atoms with E-state index >= 15 is 0 Å². The number of piperidine rings is 1. The van der Waals surface area contributed by atoms with Gasteiger partial charge >= 0.3 is 0 Å². The summed E-state index contributed by atoms with van der Waals surface area (Å²) in [6.45, 7) is 0.552. The maximum absolute atomic E-state index is 13.2. The Morgan fingerprint density at radius 1 is 1.04 bits per heavy atom. The Balaban J connectivity index is 1.67. The molecule has 0 bridgehead atoms. The highest BCUT2D eigenvalue weighted by molar-refractivity contribution is 6.33. The highest BCUT2D eigenvalue weighted by Crippen LogP contribution is 2.47. The van der Waals surface area contributed by atoms with Gasteiger partial charge in [0.2, 0.25) is 0 Å². The van der Waals surface area contributed by atoms with E-state index in [1.165, 1.54) is 0 Å². The summed E-state index contributed by atoms with van der Waals surface area (Å²) in [5, 5.41) is 12.1. The second-order valence-corrected chi connectivity index (χ2v) is 7.88. The Kier molecular flexibility index (Phi) is 4.76. The minimum Gasteiger partial charge on any atom is -0.385 e. The van der Waals surface area contributed by atoms with Crippen molar-refractivity contribution < 1.29 is 9.90 Å². The lowest BCUT2D eigenvalue weighted by atomic mass is 9.66. The zero-order valence-electron chi connectivity index (χ0n) is 14.8. The van der Waals surface area contributed by atoms with Crippen molar-refractivity contribution in [2.24, 2.45) is 5.92 Å². The second kappa shape index (κ2) is 7.05. The average molecular weight is 370 g/mol. The number of aliphatic hydroxyl groups is 1. The van der Waals surface area contributed by atoms with Crippen LogP contribution in [0.15, 0.2) is 54.6 Å². The van der Waals surface area contributed by atoms with E-state index in [1.807, 2.05) is 47.4 Å². The smallest absolute Gasteiger partial charge is 0.255 e. The molecule has 26 heavy (non-hydrogen) atoms. The minimum atomic E-state index is -0.858. The van der Waals surface area contributed by atoms with E-state index in [9.17, 15) is 9.90 Å². The summed E-state index contributed by atoms with van der Waals surface area (Å²) in [5.74, 6) is 0.0569. The molecule has 1 saturated carbocycles. The minimum absolute atomic E-state index is 0.0115. The first-order valence-electron chi connectivity index (χ1n) is 9.44. The number of benzene rings is 2. The van der Waals surface area contributed by atoms with E-state index in [0.29, 0.717) is 23.6 Å². The van der Waals surface area contributed by atoms with Crippen molar-refractivity contribution >= 4 is 17.5 Å². The highest BCUT2D eigenvalue weighted by Gasteiger charge is 2.50. The van der Waals surface area contributed by atoms with Gasteiger partial charge in [0, 0.05) is 18.5 Å². The Morgan fingerprint density at radius 3 is 2.50 bits per heavy atom. The molecule has 1 heterocycles. The third-order valence-corrected chi connectivity index (χ3v) is 6.45. The number of amides is 1.